The molecule has 0 aliphatic heterocycles. The molecule has 0 saturated heterocycles. The van der Waals surface area contributed by atoms with E-state index in [4.69, 9.17) is 0 Å². The molecule has 5 aromatic rings. The summed E-state index contributed by atoms with van der Waals surface area (Å²) in [6.45, 7) is 6.49. The number of hydrogen-bond donors (Lipinski definition) is 0. The van der Waals surface area contributed by atoms with Crippen LogP contribution in [0.3, 0.4) is 0 Å². The lowest BCUT2D eigenvalue weighted by Gasteiger charge is -2.26. The van der Waals surface area contributed by atoms with Gasteiger partial charge in [-0.2, -0.15) is 0 Å². The first-order chi connectivity index (χ1) is 19.2. The van der Waals surface area contributed by atoms with E-state index in [1.807, 2.05) is 24.3 Å². The maximum atomic E-state index is 4.42. The van der Waals surface area contributed by atoms with E-state index >= 15 is 0 Å². The molecule has 0 fully saturated rings. The summed E-state index contributed by atoms with van der Waals surface area (Å²) in [4.78, 5) is 4.44. The third-order valence-electron chi connectivity index (χ3n) is 6.57. The second-order valence-corrected chi connectivity index (χ2v) is 9.13. The summed E-state index contributed by atoms with van der Waals surface area (Å²) < 4.78 is 0. The first-order valence-corrected chi connectivity index (χ1v) is 13.2. The Balaban J connectivity index is 1.41. The highest BCUT2D eigenvalue weighted by Crippen LogP contribution is 2.35. The van der Waals surface area contributed by atoms with Gasteiger partial charge in [-0.05, 0) is 84.8 Å². The van der Waals surface area contributed by atoms with Crippen molar-refractivity contribution in [1.29, 1.82) is 0 Å². The molecular weight excluding hydrogens is 472 g/mol. The van der Waals surface area contributed by atoms with E-state index in [2.05, 4.69) is 163 Å². The lowest BCUT2D eigenvalue weighted by Crippen LogP contribution is -2.14. The number of hydrogen-bond acceptors (Lipinski definition) is 2. The highest BCUT2D eigenvalue weighted by molar-refractivity contribution is 5.80. The van der Waals surface area contributed by atoms with Gasteiger partial charge in [0, 0.05) is 34.1 Å². The average molecular weight is 505 g/mol. The summed E-state index contributed by atoms with van der Waals surface area (Å²) in [5.41, 5.74) is 8.69. The Morgan fingerprint density at radius 2 is 0.872 bits per heavy atom. The van der Waals surface area contributed by atoms with Gasteiger partial charge in [-0.3, -0.25) is 0 Å². The quantitative estimate of drug-likeness (QED) is 0.184. The molecule has 0 aliphatic carbocycles. The molecule has 0 bridgehead atoms. The van der Waals surface area contributed by atoms with Gasteiger partial charge in [-0.25, -0.2) is 0 Å². The highest BCUT2D eigenvalue weighted by Gasteiger charge is 2.13. The van der Waals surface area contributed by atoms with Crippen LogP contribution in [0.25, 0.3) is 5.57 Å². The molecule has 0 aromatic heterocycles. The first kappa shape index (κ1) is 25.6. The smallest absolute Gasteiger partial charge is 0.0462 e. The molecule has 0 unspecified atom stereocenters. The van der Waals surface area contributed by atoms with Crippen molar-refractivity contribution in [2.75, 3.05) is 9.80 Å². The topological polar surface area (TPSA) is 6.48 Å². The number of allylic oxidation sites excluding steroid dienone is 4. The minimum Gasteiger partial charge on any atom is -0.311 e. The second-order valence-electron chi connectivity index (χ2n) is 9.13. The maximum Gasteiger partial charge on any atom is 0.0462 e. The lowest BCUT2D eigenvalue weighted by molar-refractivity contribution is 1.22. The molecule has 39 heavy (non-hydrogen) atoms. The molecule has 0 radical (unpaired) electrons. The molecule has 0 amide bonds. The zero-order valence-corrected chi connectivity index (χ0v) is 22.2. The molecule has 190 valence electrons. The molecule has 0 saturated carbocycles. The maximum absolute atomic E-state index is 4.42. The highest BCUT2D eigenvalue weighted by atomic mass is 15.1. The molecule has 2 nitrogen and oxygen atoms in total. The minimum atomic E-state index is 0.891. The summed E-state index contributed by atoms with van der Waals surface area (Å²) in [5.74, 6) is 0. The Morgan fingerprint density at radius 1 is 0.487 bits per heavy atom. The third kappa shape index (κ3) is 6.08. The van der Waals surface area contributed by atoms with Crippen LogP contribution in [0.15, 0.2) is 176 Å². The molecule has 0 atom stereocenters. The Bertz CT molecular complexity index is 1460. The second kappa shape index (κ2) is 12.4. The summed E-state index contributed by atoms with van der Waals surface area (Å²) in [5, 5.41) is 0. The Kier molecular flexibility index (Phi) is 8.16. The zero-order valence-electron chi connectivity index (χ0n) is 22.2. The summed E-state index contributed by atoms with van der Waals surface area (Å²) >= 11 is 0. The summed E-state index contributed by atoms with van der Waals surface area (Å²) in [6.07, 6.45) is 6.37. The Morgan fingerprint density at radius 3 is 1.28 bits per heavy atom. The number of para-hydroxylation sites is 4. The number of rotatable bonds is 9. The zero-order chi connectivity index (χ0) is 26.9. The standard InChI is InChI=1S/C37H32N2/c1-3-31(25-24-30(2)38(33-16-8-4-9-17-33)34-18-10-5-11-19-34)32-26-28-37(29-27-32)39(35-20-12-6-13-21-35)36-22-14-7-15-23-36/h3-29H,2H2,1H3/b25-24-,31-3+. The van der Waals surface area contributed by atoms with Gasteiger partial charge in [0.1, 0.15) is 0 Å². The van der Waals surface area contributed by atoms with Crippen LogP contribution in [0, 0.1) is 0 Å². The molecule has 0 heterocycles. The lowest BCUT2D eigenvalue weighted by atomic mass is 10.0. The molecule has 2 heteroatoms. The number of benzene rings is 5. The van der Waals surface area contributed by atoms with Crippen molar-refractivity contribution in [3.05, 3.63) is 182 Å². The van der Waals surface area contributed by atoms with E-state index in [1.165, 1.54) is 0 Å². The monoisotopic (exact) mass is 504 g/mol. The predicted molar refractivity (Wildman–Crippen MR) is 168 cm³/mol. The fraction of sp³-hybridized carbons (Fsp3) is 0.0270. The van der Waals surface area contributed by atoms with E-state index in [0.29, 0.717) is 0 Å². The van der Waals surface area contributed by atoms with Gasteiger partial charge in [0.05, 0.1) is 0 Å². The number of nitrogens with zero attached hydrogens (tertiary/aromatic N) is 2. The summed E-state index contributed by atoms with van der Waals surface area (Å²) in [6, 6.07) is 50.3. The average Bonchev–Trinajstić information content (AvgIpc) is 3.01. The van der Waals surface area contributed by atoms with Crippen molar-refractivity contribution >= 4 is 34.0 Å². The third-order valence-corrected chi connectivity index (χ3v) is 6.57. The predicted octanol–water partition coefficient (Wildman–Crippen LogP) is 10.5. The van der Waals surface area contributed by atoms with Gasteiger partial charge in [0.15, 0.2) is 0 Å². The molecule has 5 rings (SSSR count). The van der Waals surface area contributed by atoms with Crippen LogP contribution >= 0.6 is 0 Å². The first-order valence-electron chi connectivity index (χ1n) is 13.2. The van der Waals surface area contributed by atoms with Crippen LogP contribution < -0.4 is 9.80 Å². The fourth-order valence-corrected chi connectivity index (χ4v) is 4.66. The molecular formula is C37H32N2. The van der Waals surface area contributed by atoms with Crippen LogP contribution in [0.5, 0.6) is 0 Å². The van der Waals surface area contributed by atoms with Gasteiger partial charge in [-0.15, -0.1) is 0 Å². The fourth-order valence-electron chi connectivity index (χ4n) is 4.66. The van der Waals surface area contributed by atoms with Crippen molar-refractivity contribution in [3.63, 3.8) is 0 Å². The SMILES string of the molecule is C=C(/C=C\C(=C/C)c1ccc(N(c2ccccc2)c2ccccc2)cc1)N(c1ccccc1)c1ccccc1. The van der Waals surface area contributed by atoms with Crippen molar-refractivity contribution in [3.8, 4) is 0 Å². The molecule has 5 aromatic carbocycles. The van der Waals surface area contributed by atoms with Crippen LogP contribution in [-0.4, -0.2) is 0 Å². The number of anilines is 5. The van der Waals surface area contributed by atoms with E-state index in [0.717, 1.165) is 45.3 Å². The van der Waals surface area contributed by atoms with Crippen molar-refractivity contribution in [1.82, 2.24) is 0 Å². The summed E-state index contributed by atoms with van der Waals surface area (Å²) in [7, 11) is 0. The van der Waals surface area contributed by atoms with Crippen LogP contribution in [0.4, 0.5) is 28.4 Å². The van der Waals surface area contributed by atoms with Gasteiger partial charge in [0.25, 0.3) is 0 Å². The van der Waals surface area contributed by atoms with Gasteiger partial charge in [0.2, 0.25) is 0 Å². The van der Waals surface area contributed by atoms with E-state index in [1.54, 1.807) is 0 Å². The van der Waals surface area contributed by atoms with Gasteiger partial charge < -0.3 is 9.80 Å². The van der Waals surface area contributed by atoms with E-state index in [9.17, 15) is 0 Å². The van der Waals surface area contributed by atoms with E-state index in [-0.39, 0.29) is 0 Å². The largest absolute Gasteiger partial charge is 0.311 e. The Hall–Kier alpha value is -5.08. The normalized spacial score (nSPS) is 11.4. The van der Waals surface area contributed by atoms with Crippen molar-refractivity contribution < 1.29 is 0 Å². The molecule has 0 aliphatic rings. The van der Waals surface area contributed by atoms with E-state index < -0.39 is 0 Å². The molecule has 0 spiro atoms. The van der Waals surface area contributed by atoms with Crippen molar-refractivity contribution in [2.24, 2.45) is 0 Å². The van der Waals surface area contributed by atoms with Crippen LogP contribution in [0.1, 0.15) is 12.5 Å². The minimum absolute atomic E-state index is 0.891. The van der Waals surface area contributed by atoms with Crippen molar-refractivity contribution in [2.45, 2.75) is 6.92 Å². The van der Waals surface area contributed by atoms with Crippen LogP contribution in [0.2, 0.25) is 0 Å². The Labute approximate surface area is 232 Å². The van der Waals surface area contributed by atoms with Crippen LogP contribution in [-0.2, 0) is 0 Å². The molecule has 0 N–H and O–H groups in total. The van der Waals surface area contributed by atoms with Gasteiger partial charge >= 0.3 is 0 Å². The van der Waals surface area contributed by atoms with Gasteiger partial charge in [-0.1, -0.05) is 104 Å².